The summed E-state index contributed by atoms with van der Waals surface area (Å²) < 4.78 is 41.4. The van der Waals surface area contributed by atoms with Crippen LogP contribution in [0.15, 0.2) is 41.6 Å². The number of carbonyl (C=O) groups is 1. The third kappa shape index (κ3) is 6.27. The van der Waals surface area contributed by atoms with Crippen LogP contribution in [0.1, 0.15) is 78.3 Å². The number of hydrogen-bond donors (Lipinski definition) is 1. The van der Waals surface area contributed by atoms with Gasteiger partial charge in [0.2, 0.25) is 0 Å². The number of nitrogens with zero attached hydrogens (tertiary/aromatic N) is 2. The summed E-state index contributed by atoms with van der Waals surface area (Å²) in [4.78, 5) is 18.5. The Morgan fingerprint density at radius 3 is 2.47 bits per heavy atom. The molecule has 2 fully saturated rings. The minimum Gasteiger partial charge on any atom is -0.481 e. The van der Waals surface area contributed by atoms with Gasteiger partial charge in [0.1, 0.15) is 6.61 Å². The van der Waals surface area contributed by atoms with Gasteiger partial charge in [0.05, 0.1) is 17.2 Å². The largest absolute Gasteiger partial charge is 0.481 e. The van der Waals surface area contributed by atoms with Gasteiger partial charge in [-0.2, -0.15) is 13.2 Å². The van der Waals surface area contributed by atoms with Gasteiger partial charge in [-0.1, -0.05) is 48.7 Å². The molecule has 2 aromatic carbocycles. The molecule has 1 aliphatic carbocycles. The highest BCUT2D eigenvalue weighted by atomic mass is 19.4. The molecule has 2 aliphatic rings. The first-order chi connectivity index (χ1) is 17.1. The van der Waals surface area contributed by atoms with E-state index in [0.29, 0.717) is 36.5 Å². The lowest BCUT2D eigenvalue weighted by molar-refractivity contribution is -0.147. The standard InChI is InChI=1S/C28H33F3N2O3/c1-18-12-22(9-10-23(18)14-33-15-24(16-33)27(34)35)19(2)32-36-17-20-8-11-25(21-6-4-3-5-7-21)26(13-20)28(29,30)31/h8-13,21,24H,3-7,14-17H2,1-2H3,(H,34,35)/b32-19+. The van der Waals surface area contributed by atoms with Crippen molar-refractivity contribution in [3.05, 3.63) is 69.8 Å². The van der Waals surface area contributed by atoms with Crippen molar-refractivity contribution in [3.8, 4) is 0 Å². The van der Waals surface area contributed by atoms with E-state index in [2.05, 4.69) is 10.1 Å². The highest BCUT2D eigenvalue weighted by Crippen LogP contribution is 2.41. The monoisotopic (exact) mass is 502 g/mol. The Kier molecular flexibility index (Phi) is 8.03. The summed E-state index contributed by atoms with van der Waals surface area (Å²) in [5.74, 6) is -1.07. The predicted molar refractivity (Wildman–Crippen MR) is 132 cm³/mol. The van der Waals surface area contributed by atoms with Crippen LogP contribution in [0.2, 0.25) is 0 Å². The molecule has 1 aliphatic heterocycles. The molecule has 0 atom stereocenters. The Hall–Kier alpha value is -2.87. The summed E-state index contributed by atoms with van der Waals surface area (Å²) in [6.07, 6.45) is 0.263. The third-order valence-corrected chi connectivity index (χ3v) is 7.36. The Morgan fingerprint density at radius 2 is 1.83 bits per heavy atom. The molecule has 0 unspecified atom stereocenters. The Labute approximate surface area is 209 Å². The number of aryl methyl sites for hydroxylation is 1. The molecule has 194 valence electrons. The molecule has 1 saturated heterocycles. The maximum atomic E-state index is 13.8. The number of hydrogen-bond acceptors (Lipinski definition) is 4. The second-order valence-electron chi connectivity index (χ2n) is 10.1. The predicted octanol–water partition coefficient (Wildman–Crippen LogP) is 6.52. The third-order valence-electron chi connectivity index (χ3n) is 7.36. The Balaban J connectivity index is 1.38. The topological polar surface area (TPSA) is 62.1 Å². The van der Waals surface area contributed by atoms with E-state index in [1.807, 2.05) is 25.1 Å². The van der Waals surface area contributed by atoms with Crippen molar-refractivity contribution in [2.24, 2.45) is 11.1 Å². The minimum absolute atomic E-state index is 0.0310. The lowest BCUT2D eigenvalue weighted by atomic mass is 9.81. The maximum Gasteiger partial charge on any atom is 0.416 e. The molecule has 5 nitrogen and oxygen atoms in total. The van der Waals surface area contributed by atoms with E-state index in [1.54, 1.807) is 19.1 Å². The van der Waals surface area contributed by atoms with Crippen LogP contribution in [0.5, 0.6) is 0 Å². The maximum absolute atomic E-state index is 13.8. The summed E-state index contributed by atoms with van der Waals surface area (Å²) in [5.41, 5.74) is 3.97. The number of benzene rings is 2. The van der Waals surface area contributed by atoms with Gasteiger partial charge in [0.15, 0.2) is 0 Å². The molecule has 8 heteroatoms. The van der Waals surface area contributed by atoms with Gasteiger partial charge < -0.3 is 9.94 Å². The number of carboxylic acid groups (broad SMARTS) is 1. The molecule has 4 rings (SSSR count). The van der Waals surface area contributed by atoms with E-state index in [1.165, 1.54) is 6.07 Å². The van der Waals surface area contributed by atoms with Crippen LogP contribution in [0.25, 0.3) is 0 Å². The number of likely N-dealkylation sites (tertiary alicyclic amines) is 1. The van der Waals surface area contributed by atoms with Crippen LogP contribution in [-0.4, -0.2) is 34.8 Å². The number of oxime groups is 1. The quantitative estimate of drug-likeness (QED) is 0.330. The van der Waals surface area contributed by atoms with Crippen LogP contribution >= 0.6 is 0 Å². The lowest BCUT2D eigenvalue weighted by Crippen LogP contribution is -2.49. The molecule has 0 aromatic heterocycles. The van der Waals surface area contributed by atoms with Gasteiger partial charge in [0.25, 0.3) is 0 Å². The van der Waals surface area contributed by atoms with Crippen LogP contribution in [0.4, 0.5) is 13.2 Å². The Bertz CT molecular complexity index is 1120. The van der Waals surface area contributed by atoms with Crippen LogP contribution < -0.4 is 0 Å². The van der Waals surface area contributed by atoms with E-state index in [-0.39, 0.29) is 18.4 Å². The summed E-state index contributed by atoms with van der Waals surface area (Å²) in [7, 11) is 0. The van der Waals surface area contributed by atoms with Gasteiger partial charge in [-0.05, 0) is 72.6 Å². The first-order valence-corrected chi connectivity index (χ1v) is 12.5. The molecule has 0 spiro atoms. The normalized spacial score (nSPS) is 18.2. The van der Waals surface area contributed by atoms with Crippen LogP contribution in [0.3, 0.4) is 0 Å². The van der Waals surface area contributed by atoms with Gasteiger partial charge in [-0.3, -0.25) is 9.69 Å². The first kappa shape index (κ1) is 26.2. The number of rotatable bonds is 8. The SMILES string of the molecule is C/C(=N\OCc1ccc(C2CCCCC2)c(C(F)(F)F)c1)c1ccc(CN2CC(C(=O)O)C2)c(C)c1. The molecule has 0 radical (unpaired) electrons. The molecule has 1 saturated carbocycles. The number of aliphatic carboxylic acids is 1. The fourth-order valence-electron chi connectivity index (χ4n) is 5.16. The van der Waals surface area contributed by atoms with E-state index < -0.39 is 17.7 Å². The van der Waals surface area contributed by atoms with Crippen LogP contribution in [0, 0.1) is 12.8 Å². The number of halogens is 3. The summed E-state index contributed by atoms with van der Waals surface area (Å²) in [5, 5.41) is 13.2. The zero-order chi connectivity index (χ0) is 25.9. The fourth-order valence-corrected chi connectivity index (χ4v) is 5.16. The molecular formula is C28H33F3N2O3. The molecule has 0 bridgehead atoms. The average molecular weight is 503 g/mol. The molecule has 1 heterocycles. The second-order valence-corrected chi connectivity index (χ2v) is 10.1. The average Bonchev–Trinajstić information content (AvgIpc) is 2.81. The van der Waals surface area contributed by atoms with E-state index >= 15 is 0 Å². The molecule has 1 N–H and O–H groups in total. The zero-order valence-electron chi connectivity index (χ0n) is 20.8. The summed E-state index contributed by atoms with van der Waals surface area (Å²) in [6.45, 7) is 5.57. The van der Waals surface area contributed by atoms with Crippen LogP contribution in [-0.2, 0) is 29.0 Å². The van der Waals surface area contributed by atoms with Crippen molar-refractivity contribution in [3.63, 3.8) is 0 Å². The molecule has 36 heavy (non-hydrogen) atoms. The van der Waals surface area contributed by atoms with Gasteiger partial charge in [-0.15, -0.1) is 0 Å². The molecular weight excluding hydrogens is 469 g/mol. The Morgan fingerprint density at radius 1 is 1.11 bits per heavy atom. The van der Waals surface area contributed by atoms with Crippen molar-refractivity contribution in [2.45, 2.75) is 71.2 Å². The van der Waals surface area contributed by atoms with E-state index in [9.17, 15) is 18.0 Å². The molecule has 2 aromatic rings. The number of carboxylic acids is 1. The lowest BCUT2D eigenvalue weighted by Gasteiger charge is -2.36. The zero-order valence-corrected chi connectivity index (χ0v) is 20.8. The van der Waals surface area contributed by atoms with Crippen molar-refractivity contribution in [1.29, 1.82) is 0 Å². The molecule has 0 amide bonds. The van der Waals surface area contributed by atoms with Crippen molar-refractivity contribution < 1.29 is 27.9 Å². The highest BCUT2D eigenvalue weighted by molar-refractivity contribution is 5.98. The minimum atomic E-state index is -4.40. The van der Waals surface area contributed by atoms with E-state index in [4.69, 9.17) is 9.94 Å². The summed E-state index contributed by atoms with van der Waals surface area (Å²) in [6, 6.07) is 10.5. The van der Waals surface area contributed by atoms with Gasteiger partial charge in [-0.25, -0.2) is 0 Å². The van der Waals surface area contributed by atoms with Gasteiger partial charge >= 0.3 is 12.1 Å². The first-order valence-electron chi connectivity index (χ1n) is 12.5. The van der Waals surface area contributed by atoms with Crippen molar-refractivity contribution >= 4 is 11.7 Å². The summed E-state index contributed by atoms with van der Waals surface area (Å²) >= 11 is 0. The highest BCUT2D eigenvalue weighted by Gasteiger charge is 2.36. The van der Waals surface area contributed by atoms with Gasteiger partial charge in [0, 0.05) is 19.6 Å². The van der Waals surface area contributed by atoms with Crippen molar-refractivity contribution in [1.82, 2.24) is 4.90 Å². The smallest absolute Gasteiger partial charge is 0.416 e. The second kappa shape index (κ2) is 11.0. The number of alkyl halides is 3. The van der Waals surface area contributed by atoms with Crippen molar-refractivity contribution in [2.75, 3.05) is 13.1 Å². The fraction of sp³-hybridized carbons (Fsp3) is 0.500. The van der Waals surface area contributed by atoms with E-state index in [0.717, 1.165) is 48.8 Å².